The van der Waals surface area contributed by atoms with Gasteiger partial charge in [-0.2, -0.15) is 5.26 Å². The molecule has 0 aromatic heterocycles. The van der Waals surface area contributed by atoms with Gasteiger partial charge in [0.2, 0.25) is 0 Å². The number of benzene rings is 1. The van der Waals surface area contributed by atoms with Crippen LogP contribution in [0.1, 0.15) is 18.4 Å². The zero-order chi connectivity index (χ0) is 13.0. The number of nitrogens with zero attached hydrogens (tertiary/aromatic N) is 1. The summed E-state index contributed by atoms with van der Waals surface area (Å²) in [4.78, 5) is 0. The minimum atomic E-state index is -0.272. The standard InChI is InChI=1S/C14H16BrNO2/c1-17-13-3-2-11(8-12(13)15)9-14(10-16)4-6-18-7-5-14/h2-3,8H,4-7,9H2,1H3. The van der Waals surface area contributed by atoms with Crippen molar-refractivity contribution in [3.8, 4) is 11.8 Å². The van der Waals surface area contributed by atoms with Gasteiger partial charge < -0.3 is 9.47 Å². The van der Waals surface area contributed by atoms with Gasteiger partial charge in [0.05, 0.1) is 23.1 Å². The topological polar surface area (TPSA) is 42.2 Å². The first kappa shape index (κ1) is 13.4. The van der Waals surface area contributed by atoms with Gasteiger partial charge in [-0.1, -0.05) is 6.07 Å². The van der Waals surface area contributed by atoms with E-state index in [1.165, 1.54) is 0 Å². The quantitative estimate of drug-likeness (QED) is 0.860. The lowest BCUT2D eigenvalue weighted by molar-refractivity contribution is 0.0406. The lowest BCUT2D eigenvalue weighted by Gasteiger charge is -2.30. The van der Waals surface area contributed by atoms with E-state index in [4.69, 9.17) is 9.47 Å². The van der Waals surface area contributed by atoms with Crippen LogP contribution in [0.2, 0.25) is 0 Å². The molecule has 0 saturated carbocycles. The van der Waals surface area contributed by atoms with Gasteiger partial charge in [0, 0.05) is 13.2 Å². The number of halogens is 1. The summed E-state index contributed by atoms with van der Waals surface area (Å²) in [6.45, 7) is 1.37. The van der Waals surface area contributed by atoms with Crippen molar-refractivity contribution in [2.24, 2.45) is 5.41 Å². The number of methoxy groups -OCH3 is 1. The van der Waals surface area contributed by atoms with E-state index in [2.05, 4.69) is 22.0 Å². The highest BCUT2D eigenvalue weighted by atomic mass is 79.9. The van der Waals surface area contributed by atoms with Gasteiger partial charge in [0.15, 0.2) is 0 Å². The average molecular weight is 310 g/mol. The summed E-state index contributed by atoms with van der Waals surface area (Å²) >= 11 is 3.48. The van der Waals surface area contributed by atoms with E-state index >= 15 is 0 Å². The Bertz CT molecular complexity index is 461. The third-order valence-corrected chi connectivity index (χ3v) is 4.07. The van der Waals surface area contributed by atoms with Crippen molar-refractivity contribution in [2.75, 3.05) is 20.3 Å². The van der Waals surface area contributed by atoms with Crippen molar-refractivity contribution in [1.82, 2.24) is 0 Å². The first-order chi connectivity index (χ1) is 8.69. The van der Waals surface area contributed by atoms with Crippen molar-refractivity contribution in [1.29, 1.82) is 5.26 Å². The highest BCUT2D eigenvalue weighted by molar-refractivity contribution is 9.10. The molecule has 4 heteroatoms. The van der Waals surface area contributed by atoms with Crippen LogP contribution < -0.4 is 4.74 Å². The first-order valence-corrected chi connectivity index (χ1v) is 6.80. The predicted octanol–water partition coefficient (Wildman–Crippen LogP) is 3.32. The van der Waals surface area contributed by atoms with Gasteiger partial charge in [-0.15, -0.1) is 0 Å². The van der Waals surface area contributed by atoms with Crippen LogP contribution in [0.3, 0.4) is 0 Å². The molecule has 0 spiro atoms. The van der Waals surface area contributed by atoms with E-state index in [0.717, 1.165) is 35.0 Å². The van der Waals surface area contributed by atoms with E-state index < -0.39 is 0 Å². The molecule has 3 nitrogen and oxygen atoms in total. The Morgan fingerprint density at radius 3 is 2.72 bits per heavy atom. The Labute approximate surface area is 116 Å². The van der Waals surface area contributed by atoms with Gasteiger partial charge in [-0.3, -0.25) is 0 Å². The monoisotopic (exact) mass is 309 g/mol. The van der Waals surface area contributed by atoms with Crippen LogP contribution >= 0.6 is 15.9 Å². The molecule has 1 fully saturated rings. The molecule has 1 aliphatic rings. The summed E-state index contributed by atoms with van der Waals surface area (Å²) in [6.07, 6.45) is 2.40. The molecule has 0 N–H and O–H groups in total. The number of nitriles is 1. The number of rotatable bonds is 3. The van der Waals surface area contributed by atoms with Crippen LogP contribution in [0.15, 0.2) is 22.7 Å². The van der Waals surface area contributed by atoms with Gasteiger partial charge >= 0.3 is 0 Å². The summed E-state index contributed by atoms with van der Waals surface area (Å²) in [5.74, 6) is 0.816. The first-order valence-electron chi connectivity index (χ1n) is 6.00. The molecule has 0 unspecified atom stereocenters. The highest BCUT2D eigenvalue weighted by Gasteiger charge is 2.32. The van der Waals surface area contributed by atoms with E-state index in [-0.39, 0.29) is 5.41 Å². The van der Waals surface area contributed by atoms with Crippen LogP contribution in [-0.4, -0.2) is 20.3 Å². The maximum atomic E-state index is 9.43. The third-order valence-electron chi connectivity index (χ3n) is 3.45. The largest absolute Gasteiger partial charge is 0.496 e. The van der Waals surface area contributed by atoms with Crippen LogP contribution in [0.25, 0.3) is 0 Å². The summed E-state index contributed by atoms with van der Waals surface area (Å²) in [5, 5.41) is 9.43. The smallest absolute Gasteiger partial charge is 0.133 e. The van der Waals surface area contributed by atoms with E-state index in [0.29, 0.717) is 13.2 Å². The molecule has 2 rings (SSSR count). The average Bonchev–Trinajstić information content (AvgIpc) is 2.40. The fraction of sp³-hybridized carbons (Fsp3) is 0.500. The van der Waals surface area contributed by atoms with E-state index in [1.54, 1.807) is 7.11 Å². The Balaban J connectivity index is 2.17. The Morgan fingerprint density at radius 2 is 2.17 bits per heavy atom. The Morgan fingerprint density at radius 1 is 1.44 bits per heavy atom. The van der Waals surface area contributed by atoms with Crippen LogP contribution in [0.5, 0.6) is 5.75 Å². The van der Waals surface area contributed by atoms with Gasteiger partial charge in [-0.25, -0.2) is 0 Å². The van der Waals surface area contributed by atoms with Crippen molar-refractivity contribution in [2.45, 2.75) is 19.3 Å². The minimum Gasteiger partial charge on any atom is -0.496 e. The van der Waals surface area contributed by atoms with Crippen molar-refractivity contribution < 1.29 is 9.47 Å². The fourth-order valence-corrected chi connectivity index (χ4v) is 2.89. The van der Waals surface area contributed by atoms with Crippen LogP contribution in [0, 0.1) is 16.7 Å². The molecule has 1 aliphatic heterocycles. The second kappa shape index (κ2) is 5.73. The Hall–Kier alpha value is -1.05. The zero-order valence-electron chi connectivity index (χ0n) is 10.4. The van der Waals surface area contributed by atoms with Crippen LogP contribution in [-0.2, 0) is 11.2 Å². The maximum absolute atomic E-state index is 9.43. The molecule has 1 aromatic rings. The second-order valence-electron chi connectivity index (χ2n) is 4.65. The lowest BCUT2D eigenvalue weighted by Crippen LogP contribution is -2.30. The molecule has 18 heavy (non-hydrogen) atoms. The van der Waals surface area contributed by atoms with E-state index in [1.807, 2.05) is 18.2 Å². The SMILES string of the molecule is COc1ccc(CC2(C#N)CCOCC2)cc1Br. The van der Waals surface area contributed by atoms with Gasteiger partial charge in [0.25, 0.3) is 0 Å². The Kier molecular flexibility index (Phi) is 4.26. The molecular weight excluding hydrogens is 294 g/mol. The normalized spacial score (nSPS) is 18.1. The molecule has 0 radical (unpaired) electrons. The third kappa shape index (κ3) is 2.85. The molecule has 96 valence electrons. The molecule has 0 atom stereocenters. The van der Waals surface area contributed by atoms with Gasteiger partial charge in [-0.05, 0) is 52.9 Å². The van der Waals surface area contributed by atoms with Crippen molar-refractivity contribution >= 4 is 15.9 Å². The summed E-state index contributed by atoms with van der Waals surface area (Å²) in [6, 6.07) is 8.48. The molecule has 1 aromatic carbocycles. The van der Waals surface area contributed by atoms with E-state index in [9.17, 15) is 5.26 Å². The molecule has 0 aliphatic carbocycles. The summed E-state index contributed by atoms with van der Waals surface area (Å²) < 4.78 is 11.5. The predicted molar refractivity (Wildman–Crippen MR) is 72.5 cm³/mol. The molecule has 0 bridgehead atoms. The van der Waals surface area contributed by atoms with Crippen molar-refractivity contribution in [3.05, 3.63) is 28.2 Å². The second-order valence-corrected chi connectivity index (χ2v) is 5.50. The zero-order valence-corrected chi connectivity index (χ0v) is 12.0. The molecule has 1 saturated heterocycles. The molecule has 1 heterocycles. The number of hydrogen-bond acceptors (Lipinski definition) is 3. The maximum Gasteiger partial charge on any atom is 0.133 e. The molecule has 0 amide bonds. The van der Waals surface area contributed by atoms with Crippen molar-refractivity contribution in [3.63, 3.8) is 0 Å². The summed E-state index contributed by atoms with van der Waals surface area (Å²) in [7, 11) is 1.65. The minimum absolute atomic E-state index is 0.272. The lowest BCUT2D eigenvalue weighted by atomic mass is 9.76. The highest BCUT2D eigenvalue weighted by Crippen LogP contribution is 2.35. The number of hydrogen-bond donors (Lipinski definition) is 0. The van der Waals surface area contributed by atoms with Crippen LogP contribution in [0.4, 0.5) is 0 Å². The summed E-state index contributed by atoms with van der Waals surface area (Å²) in [5.41, 5.74) is 0.887. The number of ether oxygens (including phenoxy) is 2. The fourth-order valence-electron chi connectivity index (χ4n) is 2.30. The molecular formula is C14H16BrNO2. The van der Waals surface area contributed by atoms with Gasteiger partial charge in [0.1, 0.15) is 5.75 Å².